The third-order valence-corrected chi connectivity index (χ3v) is 6.54. The molecule has 2 heterocycles. The minimum Gasteiger partial charge on any atom is -0.358 e. The average Bonchev–Trinajstić information content (AvgIpc) is 3.22. The van der Waals surface area contributed by atoms with Crippen LogP contribution in [-0.4, -0.2) is 71.2 Å². The van der Waals surface area contributed by atoms with E-state index in [2.05, 4.69) is 5.32 Å². The molecule has 10 nitrogen and oxygen atoms in total. The van der Waals surface area contributed by atoms with E-state index in [1.54, 1.807) is 29.7 Å². The van der Waals surface area contributed by atoms with Crippen LogP contribution in [0.3, 0.4) is 0 Å². The highest BCUT2D eigenvalue weighted by atomic mass is 16.5. The van der Waals surface area contributed by atoms with Crippen LogP contribution in [0.4, 0.5) is 0 Å². The van der Waals surface area contributed by atoms with Crippen LogP contribution in [0.25, 0.3) is 0 Å². The quantitative estimate of drug-likeness (QED) is 0.285. The summed E-state index contributed by atoms with van der Waals surface area (Å²) in [6, 6.07) is 6.49. The van der Waals surface area contributed by atoms with Gasteiger partial charge in [0.1, 0.15) is 0 Å². The largest absolute Gasteiger partial charge is 0.358 e. The number of carbonyl (C=O) groups excluding carboxylic acids is 5. The van der Waals surface area contributed by atoms with Gasteiger partial charge in [-0.2, -0.15) is 0 Å². The number of nitrogens with zero attached hydrogens (tertiary/aromatic N) is 2. The average molecular weight is 459 g/mol. The van der Waals surface area contributed by atoms with Crippen LogP contribution in [0.5, 0.6) is 0 Å². The Hall–Kier alpha value is -3.27. The standard InChI is InChI=1S/C23H30N4O6/c1-14(2)12-23(9-11-26(22(23)32)13-18(28)24-3)17(19(29)25-33)8-10-27-20(30)15-6-4-5-7-16(15)21(27)31/h4-7,14,17,33H,8-13H2,1-3H3,(H,24,28)(H,25,29). The van der Waals surface area contributed by atoms with Crippen LogP contribution in [-0.2, 0) is 14.4 Å². The van der Waals surface area contributed by atoms with E-state index in [0.717, 1.165) is 4.90 Å². The van der Waals surface area contributed by atoms with Crippen molar-refractivity contribution in [3.8, 4) is 0 Å². The van der Waals surface area contributed by atoms with Gasteiger partial charge in [0.2, 0.25) is 17.7 Å². The first-order chi connectivity index (χ1) is 15.7. The van der Waals surface area contributed by atoms with Crippen molar-refractivity contribution in [2.45, 2.75) is 33.1 Å². The van der Waals surface area contributed by atoms with Gasteiger partial charge in [0.25, 0.3) is 11.8 Å². The molecule has 0 bridgehead atoms. The summed E-state index contributed by atoms with van der Waals surface area (Å²) >= 11 is 0. The molecule has 10 heteroatoms. The number of nitrogens with one attached hydrogen (secondary N) is 2. The Balaban J connectivity index is 1.88. The van der Waals surface area contributed by atoms with E-state index < -0.39 is 29.1 Å². The first-order valence-electron chi connectivity index (χ1n) is 11.1. The molecule has 3 N–H and O–H groups in total. The number of rotatable bonds is 9. The first-order valence-corrected chi connectivity index (χ1v) is 11.1. The highest BCUT2D eigenvalue weighted by molar-refractivity contribution is 6.21. The molecular formula is C23H30N4O6. The van der Waals surface area contributed by atoms with E-state index >= 15 is 0 Å². The van der Waals surface area contributed by atoms with Gasteiger partial charge in [-0.25, -0.2) is 5.48 Å². The Morgan fingerprint density at radius 3 is 2.24 bits per heavy atom. The monoisotopic (exact) mass is 458 g/mol. The zero-order valence-electron chi connectivity index (χ0n) is 19.1. The Morgan fingerprint density at radius 1 is 1.12 bits per heavy atom. The van der Waals surface area contributed by atoms with Gasteiger partial charge in [0, 0.05) is 20.1 Å². The Bertz CT molecular complexity index is 942. The van der Waals surface area contributed by atoms with Gasteiger partial charge < -0.3 is 10.2 Å². The third-order valence-electron chi connectivity index (χ3n) is 6.54. The van der Waals surface area contributed by atoms with Crippen LogP contribution >= 0.6 is 0 Å². The predicted molar refractivity (Wildman–Crippen MR) is 117 cm³/mol. The molecule has 2 aliphatic heterocycles. The van der Waals surface area contributed by atoms with E-state index in [4.69, 9.17) is 0 Å². The second-order valence-corrected chi connectivity index (χ2v) is 9.03. The molecule has 1 aromatic rings. The molecule has 1 aromatic carbocycles. The Labute approximate surface area is 192 Å². The number of amides is 5. The van der Waals surface area contributed by atoms with Crippen LogP contribution in [0, 0.1) is 17.3 Å². The zero-order chi connectivity index (χ0) is 24.3. The molecule has 33 heavy (non-hydrogen) atoms. The Kier molecular flexibility index (Phi) is 7.16. The van der Waals surface area contributed by atoms with Gasteiger partial charge in [-0.05, 0) is 37.3 Å². The van der Waals surface area contributed by atoms with Gasteiger partial charge in [-0.1, -0.05) is 26.0 Å². The lowest BCUT2D eigenvalue weighted by atomic mass is 9.67. The molecule has 2 aliphatic rings. The fourth-order valence-corrected chi connectivity index (χ4v) is 5.08. The molecule has 1 saturated heterocycles. The number of imide groups is 1. The number of hydrogen-bond acceptors (Lipinski definition) is 6. The number of carbonyl (C=O) groups is 5. The van der Waals surface area contributed by atoms with Crippen LogP contribution in [0.15, 0.2) is 24.3 Å². The molecule has 0 spiro atoms. The molecule has 5 amide bonds. The van der Waals surface area contributed by atoms with Gasteiger partial charge in [-0.15, -0.1) is 0 Å². The molecular weight excluding hydrogens is 428 g/mol. The minimum atomic E-state index is -1.16. The maximum atomic E-state index is 13.5. The summed E-state index contributed by atoms with van der Waals surface area (Å²) in [6.45, 7) is 3.94. The van der Waals surface area contributed by atoms with Crippen molar-refractivity contribution in [1.29, 1.82) is 0 Å². The number of fused-ring (bicyclic) bond motifs is 1. The van der Waals surface area contributed by atoms with Crippen molar-refractivity contribution < 1.29 is 29.2 Å². The number of hydrogen-bond donors (Lipinski definition) is 3. The van der Waals surface area contributed by atoms with Crippen molar-refractivity contribution in [3.63, 3.8) is 0 Å². The molecule has 0 radical (unpaired) electrons. The topological polar surface area (TPSA) is 136 Å². The van der Waals surface area contributed by atoms with Crippen molar-refractivity contribution in [1.82, 2.24) is 20.6 Å². The van der Waals surface area contributed by atoms with Crippen molar-refractivity contribution >= 4 is 29.5 Å². The van der Waals surface area contributed by atoms with Gasteiger partial charge >= 0.3 is 0 Å². The first kappa shape index (κ1) is 24.4. The molecule has 0 aliphatic carbocycles. The van der Waals surface area contributed by atoms with Crippen molar-refractivity contribution in [2.75, 3.05) is 26.7 Å². The molecule has 1 fully saturated rings. The van der Waals surface area contributed by atoms with Crippen molar-refractivity contribution in [2.24, 2.45) is 17.3 Å². The van der Waals surface area contributed by atoms with Crippen LogP contribution < -0.4 is 10.8 Å². The minimum absolute atomic E-state index is 0.00410. The molecule has 2 atom stereocenters. The highest BCUT2D eigenvalue weighted by Gasteiger charge is 2.54. The van der Waals surface area contributed by atoms with Crippen LogP contribution in [0.1, 0.15) is 53.8 Å². The fraction of sp³-hybridized carbons (Fsp3) is 0.522. The third kappa shape index (κ3) is 4.47. The molecule has 0 saturated carbocycles. The fourth-order valence-electron chi connectivity index (χ4n) is 5.08. The van der Waals surface area contributed by atoms with Gasteiger partial charge in [0.15, 0.2) is 0 Å². The highest BCUT2D eigenvalue weighted by Crippen LogP contribution is 2.46. The van der Waals surface area contributed by atoms with E-state index in [1.807, 2.05) is 13.8 Å². The van der Waals surface area contributed by atoms with Crippen LogP contribution in [0.2, 0.25) is 0 Å². The smallest absolute Gasteiger partial charge is 0.261 e. The maximum Gasteiger partial charge on any atom is 0.261 e. The SMILES string of the molecule is CNC(=O)CN1CCC(CC(C)C)(C(CCN2C(=O)c3ccccc3C2=O)C(=O)NO)C1=O. The summed E-state index contributed by atoms with van der Waals surface area (Å²) < 4.78 is 0. The predicted octanol–water partition coefficient (Wildman–Crippen LogP) is 0.805. The van der Waals surface area contributed by atoms with E-state index in [9.17, 15) is 29.2 Å². The Morgan fingerprint density at radius 2 is 1.73 bits per heavy atom. The summed E-state index contributed by atoms with van der Waals surface area (Å²) in [7, 11) is 1.48. The normalized spacial score (nSPS) is 20.9. The molecule has 3 rings (SSSR count). The summed E-state index contributed by atoms with van der Waals surface area (Å²) in [4.78, 5) is 66.2. The second-order valence-electron chi connectivity index (χ2n) is 9.03. The second kappa shape index (κ2) is 9.70. The van der Waals surface area contributed by atoms with Gasteiger partial charge in [0.05, 0.1) is 29.0 Å². The summed E-state index contributed by atoms with van der Waals surface area (Å²) in [6.07, 6.45) is 0.682. The van der Waals surface area contributed by atoms with E-state index in [-0.39, 0.29) is 37.2 Å². The van der Waals surface area contributed by atoms with Gasteiger partial charge in [-0.3, -0.25) is 34.1 Å². The maximum absolute atomic E-state index is 13.5. The van der Waals surface area contributed by atoms with Crippen molar-refractivity contribution in [3.05, 3.63) is 35.4 Å². The number of benzene rings is 1. The zero-order valence-corrected chi connectivity index (χ0v) is 19.1. The number of likely N-dealkylation sites (tertiary alicyclic amines) is 1. The van der Waals surface area contributed by atoms with E-state index in [1.165, 1.54) is 11.9 Å². The molecule has 2 unspecified atom stereocenters. The molecule has 178 valence electrons. The summed E-state index contributed by atoms with van der Waals surface area (Å²) in [5.74, 6) is -3.25. The summed E-state index contributed by atoms with van der Waals surface area (Å²) in [5.41, 5.74) is 1.11. The van der Waals surface area contributed by atoms with E-state index in [0.29, 0.717) is 30.5 Å². The lowest BCUT2D eigenvalue weighted by Crippen LogP contribution is -2.49. The lowest BCUT2D eigenvalue weighted by Gasteiger charge is -2.36. The molecule has 0 aromatic heterocycles. The number of likely N-dealkylation sites (N-methyl/N-ethyl adjacent to an activating group) is 1. The number of hydroxylamine groups is 1. The summed E-state index contributed by atoms with van der Waals surface area (Å²) in [5, 5.41) is 11.9. The lowest BCUT2D eigenvalue weighted by molar-refractivity contribution is -0.150.